The lowest BCUT2D eigenvalue weighted by Crippen LogP contribution is -2.07. The van der Waals surface area contributed by atoms with E-state index in [1.807, 2.05) is 0 Å². The summed E-state index contributed by atoms with van der Waals surface area (Å²) in [5, 5.41) is -1.22. The van der Waals surface area contributed by atoms with Gasteiger partial charge in [0, 0.05) is 10.7 Å². The second kappa shape index (κ2) is 3.86. The Balaban J connectivity index is 3.56. The largest absolute Gasteiger partial charge is 0.395 e. The summed E-state index contributed by atoms with van der Waals surface area (Å²) in [7, 11) is 0.269. The summed E-state index contributed by atoms with van der Waals surface area (Å²) in [5.41, 5.74) is 3.27. The molecule has 4 nitrogen and oxygen atoms in total. The van der Waals surface area contributed by atoms with Crippen LogP contribution in [0.5, 0.6) is 0 Å². The van der Waals surface area contributed by atoms with E-state index < -0.39 is 37.7 Å². The quantitative estimate of drug-likeness (QED) is 0.648. The smallest absolute Gasteiger partial charge is 0.279 e. The van der Waals surface area contributed by atoms with E-state index in [1.54, 1.807) is 0 Å². The van der Waals surface area contributed by atoms with Gasteiger partial charge >= 0.3 is 0 Å². The van der Waals surface area contributed by atoms with Gasteiger partial charge in [-0.05, 0) is 6.07 Å². The van der Waals surface area contributed by atoms with Crippen LogP contribution in [0.2, 0.25) is 0 Å². The normalized spacial score (nSPS) is 12.1. The fraction of sp³-hybridized carbons (Fsp3) is 0.167. The predicted molar refractivity (Wildman–Crippen MR) is 46.6 cm³/mol. The molecule has 84 valence electrons. The number of alkyl halides is 2. The molecule has 0 aromatic carbocycles. The van der Waals surface area contributed by atoms with E-state index in [9.17, 15) is 21.6 Å². The molecule has 0 spiro atoms. The lowest BCUT2D eigenvalue weighted by molar-refractivity contribution is 0.147. The second-order valence-electron chi connectivity index (χ2n) is 2.50. The van der Waals surface area contributed by atoms with Crippen LogP contribution in [0.3, 0.4) is 0 Å². The van der Waals surface area contributed by atoms with Crippen molar-refractivity contribution < 1.29 is 21.6 Å². The molecule has 0 saturated carbocycles. The highest BCUT2D eigenvalue weighted by Gasteiger charge is 2.25. The standard InChI is InChI=1S/C6H4ClF3N2O2S/c7-15(13,14)6-2(4(8)9)1-3(11)5(10)12-6/h1,4H,11H2. The van der Waals surface area contributed by atoms with Crippen LogP contribution >= 0.6 is 10.7 Å². The van der Waals surface area contributed by atoms with Crippen molar-refractivity contribution in [2.75, 3.05) is 5.73 Å². The van der Waals surface area contributed by atoms with Crippen LogP contribution in [-0.2, 0) is 9.05 Å². The number of anilines is 1. The topological polar surface area (TPSA) is 73.1 Å². The summed E-state index contributed by atoms with van der Waals surface area (Å²) < 4.78 is 59.0. The van der Waals surface area contributed by atoms with E-state index in [0.717, 1.165) is 0 Å². The first-order chi connectivity index (χ1) is 6.73. The van der Waals surface area contributed by atoms with Crippen molar-refractivity contribution in [3.05, 3.63) is 17.6 Å². The Kier molecular flexibility index (Phi) is 3.10. The molecule has 0 radical (unpaired) electrons. The fourth-order valence-electron chi connectivity index (χ4n) is 0.859. The van der Waals surface area contributed by atoms with E-state index in [1.165, 1.54) is 0 Å². The van der Waals surface area contributed by atoms with E-state index >= 15 is 0 Å². The van der Waals surface area contributed by atoms with Gasteiger partial charge in [0.1, 0.15) is 0 Å². The molecule has 0 saturated heterocycles. The minimum atomic E-state index is -4.53. The molecule has 0 aliphatic rings. The first-order valence-electron chi connectivity index (χ1n) is 3.42. The van der Waals surface area contributed by atoms with Gasteiger partial charge in [-0.25, -0.2) is 22.2 Å². The summed E-state index contributed by atoms with van der Waals surface area (Å²) in [4.78, 5) is 2.77. The second-order valence-corrected chi connectivity index (χ2v) is 4.98. The molecule has 0 aliphatic heterocycles. The molecule has 1 rings (SSSR count). The predicted octanol–water partition coefficient (Wildman–Crippen LogP) is 1.67. The third-order valence-corrected chi connectivity index (χ3v) is 2.69. The van der Waals surface area contributed by atoms with Gasteiger partial charge in [0.15, 0.2) is 5.03 Å². The molecule has 15 heavy (non-hydrogen) atoms. The number of hydrogen-bond donors (Lipinski definition) is 1. The highest BCUT2D eigenvalue weighted by atomic mass is 35.7. The van der Waals surface area contributed by atoms with Crippen molar-refractivity contribution in [2.24, 2.45) is 0 Å². The molecule has 1 aromatic rings. The van der Waals surface area contributed by atoms with E-state index in [2.05, 4.69) is 4.98 Å². The van der Waals surface area contributed by atoms with Crippen molar-refractivity contribution in [3.63, 3.8) is 0 Å². The van der Waals surface area contributed by atoms with Crippen molar-refractivity contribution in [2.45, 2.75) is 11.5 Å². The molecule has 2 N–H and O–H groups in total. The molecule has 0 fully saturated rings. The number of halogens is 4. The Hall–Kier alpha value is -1.02. The minimum Gasteiger partial charge on any atom is -0.395 e. The van der Waals surface area contributed by atoms with Crippen LogP contribution in [0.15, 0.2) is 11.1 Å². The lowest BCUT2D eigenvalue weighted by atomic mass is 10.3. The van der Waals surface area contributed by atoms with Gasteiger partial charge in [0.25, 0.3) is 15.5 Å². The van der Waals surface area contributed by atoms with E-state index in [-0.39, 0.29) is 0 Å². The number of aromatic nitrogens is 1. The summed E-state index contributed by atoms with van der Waals surface area (Å²) in [5.74, 6) is -1.36. The number of rotatable bonds is 2. The number of nitrogens with two attached hydrogens (primary N) is 1. The van der Waals surface area contributed by atoms with Crippen LogP contribution in [-0.4, -0.2) is 13.4 Å². The number of nitrogen functional groups attached to an aromatic ring is 1. The molecule has 1 heterocycles. The van der Waals surface area contributed by atoms with Gasteiger partial charge in [-0.1, -0.05) is 0 Å². The Morgan fingerprint density at radius 1 is 1.47 bits per heavy atom. The van der Waals surface area contributed by atoms with Crippen LogP contribution < -0.4 is 5.73 Å². The van der Waals surface area contributed by atoms with Crippen molar-refractivity contribution in [3.8, 4) is 0 Å². The zero-order valence-electron chi connectivity index (χ0n) is 6.92. The van der Waals surface area contributed by atoms with Gasteiger partial charge < -0.3 is 5.73 Å². The Morgan fingerprint density at radius 3 is 2.40 bits per heavy atom. The summed E-state index contributed by atoms with van der Waals surface area (Å²) in [6.45, 7) is 0. The molecular weight excluding hydrogens is 257 g/mol. The lowest BCUT2D eigenvalue weighted by Gasteiger charge is -2.06. The first-order valence-corrected chi connectivity index (χ1v) is 5.73. The van der Waals surface area contributed by atoms with Gasteiger partial charge in [-0.2, -0.15) is 4.39 Å². The maximum absolute atomic E-state index is 12.7. The molecule has 0 unspecified atom stereocenters. The highest BCUT2D eigenvalue weighted by Crippen LogP contribution is 2.29. The average Bonchev–Trinajstić information content (AvgIpc) is 2.06. The molecule has 1 aromatic heterocycles. The zero-order valence-corrected chi connectivity index (χ0v) is 8.49. The van der Waals surface area contributed by atoms with Crippen LogP contribution in [0.4, 0.5) is 18.9 Å². The van der Waals surface area contributed by atoms with Crippen LogP contribution in [0, 0.1) is 5.95 Å². The number of hydrogen-bond acceptors (Lipinski definition) is 4. The molecule has 0 atom stereocenters. The molecule has 0 bridgehead atoms. The summed E-state index contributed by atoms with van der Waals surface area (Å²) in [6, 6.07) is 0.488. The number of nitrogens with zero attached hydrogens (tertiary/aromatic N) is 1. The Labute approximate surface area is 87.3 Å². The van der Waals surface area contributed by atoms with Crippen molar-refractivity contribution in [1.29, 1.82) is 0 Å². The van der Waals surface area contributed by atoms with Crippen molar-refractivity contribution in [1.82, 2.24) is 4.98 Å². The molecule has 0 amide bonds. The van der Waals surface area contributed by atoms with Crippen LogP contribution in [0.1, 0.15) is 12.0 Å². The first kappa shape index (κ1) is 12.1. The van der Waals surface area contributed by atoms with Gasteiger partial charge in [-0.15, -0.1) is 0 Å². The fourth-order valence-corrected chi connectivity index (χ4v) is 1.85. The molecule has 9 heteroatoms. The monoisotopic (exact) mass is 260 g/mol. The van der Waals surface area contributed by atoms with Gasteiger partial charge in [-0.3, -0.25) is 0 Å². The molecular formula is C6H4ClF3N2O2S. The molecule has 0 aliphatic carbocycles. The Bertz CT molecular complexity index is 491. The van der Waals surface area contributed by atoms with Gasteiger partial charge in [0.05, 0.1) is 11.3 Å². The zero-order chi connectivity index (χ0) is 11.8. The third-order valence-electron chi connectivity index (χ3n) is 1.46. The highest BCUT2D eigenvalue weighted by molar-refractivity contribution is 8.13. The maximum atomic E-state index is 12.7. The average molecular weight is 261 g/mol. The van der Waals surface area contributed by atoms with Crippen molar-refractivity contribution >= 4 is 25.4 Å². The summed E-state index contributed by atoms with van der Waals surface area (Å²) in [6.07, 6.45) is -3.16. The Morgan fingerprint density at radius 2 is 2.00 bits per heavy atom. The third kappa shape index (κ3) is 2.51. The van der Waals surface area contributed by atoms with E-state index in [0.29, 0.717) is 6.07 Å². The minimum absolute atomic E-state index is 0.488. The maximum Gasteiger partial charge on any atom is 0.279 e. The van der Waals surface area contributed by atoms with Crippen LogP contribution in [0.25, 0.3) is 0 Å². The van der Waals surface area contributed by atoms with Gasteiger partial charge in [0.2, 0.25) is 5.95 Å². The SMILES string of the molecule is Nc1cc(C(F)F)c(S(=O)(=O)Cl)nc1F. The van der Waals surface area contributed by atoms with E-state index in [4.69, 9.17) is 16.4 Å². The number of pyridine rings is 1. The summed E-state index contributed by atoms with van der Waals surface area (Å²) >= 11 is 0.